The van der Waals surface area contributed by atoms with Crippen molar-refractivity contribution < 1.29 is 9.26 Å². The number of nitrogen functional groups attached to an aromatic ring is 1. The van der Waals surface area contributed by atoms with Crippen molar-refractivity contribution in [2.45, 2.75) is 45.6 Å². The second-order valence-corrected chi connectivity index (χ2v) is 4.44. The number of hydrogen-bond donors (Lipinski definition) is 1. The molecule has 0 saturated heterocycles. The van der Waals surface area contributed by atoms with Crippen LogP contribution in [0.3, 0.4) is 0 Å². The average Bonchev–Trinajstić information content (AvgIpc) is 2.56. The predicted octanol–water partition coefficient (Wildman–Crippen LogP) is 2.18. The molecule has 1 aromatic heterocycles. The molecule has 1 aliphatic rings. The Morgan fingerprint density at radius 3 is 2.81 bits per heavy atom. The fourth-order valence-electron chi connectivity index (χ4n) is 2.37. The molecule has 0 bridgehead atoms. The van der Waals surface area contributed by atoms with E-state index in [2.05, 4.69) is 12.1 Å². The molecule has 16 heavy (non-hydrogen) atoms. The van der Waals surface area contributed by atoms with Gasteiger partial charge in [-0.05, 0) is 32.1 Å². The first-order valence-corrected chi connectivity index (χ1v) is 6.09. The molecular formula is C12H20N2O2. The van der Waals surface area contributed by atoms with Crippen LogP contribution in [0.5, 0.6) is 0 Å². The van der Waals surface area contributed by atoms with Gasteiger partial charge in [-0.3, -0.25) is 0 Å². The van der Waals surface area contributed by atoms with E-state index in [0.29, 0.717) is 17.8 Å². The van der Waals surface area contributed by atoms with E-state index in [0.717, 1.165) is 43.6 Å². The van der Waals surface area contributed by atoms with E-state index in [1.807, 2.05) is 6.92 Å². The molecule has 1 saturated carbocycles. The molecule has 0 unspecified atom stereocenters. The lowest BCUT2D eigenvalue weighted by Crippen LogP contribution is -2.32. The Morgan fingerprint density at radius 1 is 1.44 bits per heavy atom. The maximum Gasteiger partial charge on any atom is 0.170 e. The Balaban J connectivity index is 1.86. The summed E-state index contributed by atoms with van der Waals surface area (Å²) < 4.78 is 10.8. The zero-order valence-electron chi connectivity index (χ0n) is 10.0. The normalized spacial score (nSPS) is 24.4. The van der Waals surface area contributed by atoms with Crippen molar-refractivity contribution in [3.63, 3.8) is 0 Å². The van der Waals surface area contributed by atoms with Gasteiger partial charge < -0.3 is 15.0 Å². The van der Waals surface area contributed by atoms with Crippen molar-refractivity contribution in [1.82, 2.24) is 5.16 Å². The first kappa shape index (κ1) is 11.5. The number of ether oxygens (including phenoxy) is 1. The molecule has 0 aliphatic heterocycles. The minimum Gasteiger partial charge on any atom is -0.381 e. The molecule has 2 rings (SSSR count). The van der Waals surface area contributed by atoms with E-state index in [4.69, 9.17) is 15.0 Å². The zero-order chi connectivity index (χ0) is 11.5. The van der Waals surface area contributed by atoms with E-state index in [9.17, 15) is 0 Å². The third-order valence-corrected chi connectivity index (χ3v) is 3.32. The molecule has 2 N–H and O–H groups in total. The van der Waals surface area contributed by atoms with E-state index < -0.39 is 0 Å². The Labute approximate surface area is 96.1 Å². The highest BCUT2D eigenvalue weighted by atomic mass is 16.5. The molecule has 1 fully saturated rings. The predicted molar refractivity (Wildman–Crippen MR) is 62.1 cm³/mol. The van der Waals surface area contributed by atoms with Gasteiger partial charge in [0, 0.05) is 18.6 Å². The molecule has 4 nitrogen and oxygen atoms in total. The summed E-state index contributed by atoms with van der Waals surface area (Å²) >= 11 is 0. The first-order valence-electron chi connectivity index (χ1n) is 6.09. The van der Waals surface area contributed by atoms with Crippen LogP contribution in [-0.4, -0.2) is 17.9 Å². The number of nitrogens with zero attached hydrogens (tertiary/aromatic N) is 1. The highest BCUT2D eigenvalue weighted by Gasteiger charge is 2.31. The summed E-state index contributed by atoms with van der Waals surface area (Å²) in [6.07, 6.45) is 4.58. The van der Waals surface area contributed by atoms with E-state index in [-0.39, 0.29) is 0 Å². The highest BCUT2D eigenvalue weighted by molar-refractivity contribution is 5.40. The Kier molecular flexibility index (Phi) is 3.49. The van der Waals surface area contributed by atoms with Gasteiger partial charge in [-0.15, -0.1) is 0 Å². The van der Waals surface area contributed by atoms with Crippen molar-refractivity contribution in [2.24, 2.45) is 5.92 Å². The quantitative estimate of drug-likeness (QED) is 0.832. The molecule has 0 atom stereocenters. The summed E-state index contributed by atoms with van der Waals surface area (Å²) in [5.41, 5.74) is 6.82. The van der Waals surface area contributed by atoms with E-state index in [1.54, 1.807) is 0 Å². The number of hydrogen-bond acceptors (Lipinski definition) is 4. The minimum atomic E-state index is 0.459. The summed E-state index contributed by atoms with van der Waals surface area (Å²) in [7, 11) is 0. The van der Waals surface area contributed by atoms with Gasteiger partial charge in [0.2, 0.25) is 0 Å². The van der Waals surface area contributed by atoms with Crippen molar-refractivity contribution in [2.75, 3.05) is 12.3 Å². The molecule has 1 heterocycles. The lowest BCUT2D eigenvalue weighted by atomic mass is 9.79. The molecule has 0 radical (unpaired) electrons. The fraction of sp³-hybridized carbons (Fsp3) is 0.750. The van der Waals surface area contributed by atoms with Gasteiger partial charge in [0.05, 0.1) is 6.10 Å². The van der Waals surface area contributed by atoms with Crippen molar-refractivity contribution in [3.05, 3.63) is 11.3 Å². The Bertz CT molecular complexity index is 343. The summed E-state index contributed by atoms with van der Waals surface area (Å²) in [5.74, 6) is 2.20. The van der Waals surface area contributed by atoms with Gasteiger partial charge in [0.1, 0.15) is 5.76 Å². The van der Waals surface area contributed by atoms with E-state index >= 15 is 0 Å². The third kappa shape index (κ3) is 2.21. The van der Waals surface area contributed by atoms with Gasteiger partial charge in [-0.1, -0.05) is 12.1 Å². The van der Waals surface area contributed by atoms with Crippen LogP contribution in [-0.2, 0) is 17.6 Å². The first-order chi connectivity index (χ1) is 7.74. The van der Waals surface area contributed by atoms with Gasteiger partial charge in [-0.25, -0.2) is 0 Å². The van der Waals surface area contributed by atoms with Gasteiger partial charge in [-0.2, -0.15) is 0 Å². The minimum absolute atomic E-state index is 0.459. The van der Waals surface area contributed by atoms with E-state index in [1.165, 1.54) is 0 Å². The highest BCUT2D eigenvalue weighted by Crippen LogP contribution is 2.34. The maximum absolute atomic E-state index is 5.73. The average molecular weight is 224 g/mol. The molecule has 0 amide bonds. The Morgan fingerprint density at radius 2 is 2.19 bits per heavy atom. The van der Waals surface area contributed by atoms with Crippen molar-refractivity contribution in [1.29, 1.82) is 0 Å². The van der Waals surface area contributed by atoms with Crippen LogP contribution >= 0.6 is 0 Å². The fourth-order valence-corrected chi connectivity index (χ4v) is 2.37. The van der Waals surface area contributed by atoms with Crippen molar-refractivity contribution in [3.8, 4) is 0 Å². The molecule has 90 valence electrons. The standard InChI is InChI=1S/C12H20N2O2/c1-3-10-11(16-14-12(10)13)7-8-5-9(6-8)15-4-2/h8-9H,3-7H2,1-2H3,(H2,13,14). The number of anilines is 1. The number of nitrogens with two attached hydrogens (primary N) is 1. The van der Waals surface area contributed by atoms with Crippen LogP contribution in [0, 0.1) is 5.92 Å². The van der Waals surface area contributed by atoms with Crippen LogP contribution in [0.15, 0.2) is 4.52 Å². The van der Waals surface area contributed by atoms with Crippen molar-refractivity contribution >= 4 is 5.82 Å². The number of rotatable bonds is 5. The topological polar surface area (TPSA) is 61.3 Å². The third-order valence-electron chi connectivity index (χ3n) is 3.32. The SMILES string of the molecule is CCOC1CC(Cc2onc(N)c2CC)C1. The monoisotopic (exact) mass is 224 g/mol. The smallest absolute Gasteiger partial charge is 0.170 e. The van der Waals surface area contributed by atoms with Crippen LogP contribution in [0.25, 0.3) is 0 Å². The van der Waals surface area contributed by atoms with Gasteiger partial charge in [0.25, 0.3) is 0 Å². The largest absolute Gasteiger partial charge is 0.381 e. The molecule has 0 aromatic carbocycles. The van der Waals surface area contributed by atoms with Crippen LogP contribution in [0.2, 0.25) is 0 Å². The molecule has 4 heteroatoms. The Hall–Kier alpha value is -1.03. The van der Waals surface area contributed by atoms with Crippen LogP contribution in [0.4, 0.5) is 5.82 Å². The lowest BCUT2D eigenvalue weighted by Gasteiger charge is -2.34. The zero-order valence-corrected chi connectivity index (χ0v) is 10.0. The van der Waals surface area contributed by atoms with Gasteiger partial charge >= 0.3 is 0 Å². The maximum atomic E-state index is 5.73. The summed E-state index contributed by atoms with van der Waals surface area (Å²) in [5, 5.41) is 3.83. The van der Waals surface area contributed by atoms with Crippen LogP contribution < -0.4 is 5.73 Å². The lowest BCUT2D eigenvalue weighted by molar-refractivity contribution is -0.0255. The number of aromatic nitrogens is 1. The van der Waals surface area contributed by atoms with Crippen LogP contribution in [0.1, 0.15) is 38.0 Å². The second kappa shape index (κ2) is 4.87. The molecule has 1 aromatic rings. The van der Waals surface area contributed by atoms with Gasteiger partial charge in [0.15, 0.2) is 5.82 Å². The summed E-state index contributed by atoms with van der Waals surface area (Å²) in [6.45, 7) is 4.93. The second-order valence-electron chi connectivity index (χ2n) is 4.44. The summed E-state index contributed by atoms with van der Waals surface area (Å²) in [6, 6.07) is 0. The summed E-state index contributed by atoms with van der Waals surface area (Å²) in [4.78, 5) is 0. The molecule has 0 spiro atoms. The molecular weight excluding hydrogens is 204 g/mol. The molecule has 1 aliphatic carbocycles.